The fraction of sp³-hybridized carbons (Fsp3) is 0.741. The van der Waals surface area contributed by atoms with Crippen LogP contribution in [0, 0.1) is 0 Å². The lowest BCUT2D eigenvalue weighted by atomic mass is 10.1. The first-order chi connectivity index (χ1) is 17.7. The van der Waals surface area contributed by atoms with Gasteiger partial charge in [0.2, 0.25) is 0 Å². The van der Waals surface area contributed by atoms with Gasteiger partial charge in [0.1, 0.15) is 11.5 Å². The van der Waals surface area contributed by atoms with Crippen LogP contribution in [-0.2, 0) is 33.2 Å². The van der Waals surface area contributed by atoms with Gasteiger partial charge in [0.15, 0.2) is 0 Å². The van der Waals surface area contributed by atoms with E-state index in [-0.39, 0.29) is 5.78 Å². The summed E-state index contributed by atoms with van der Waals surface area (Å²) in [7, 11) is 0. The minimum atomic E-state index is 0.243. The van der Waals surface area contributed by atoms with Crippen molar-refractivity contribution in [3.63, 3.8) is 0 Å². The molecule has 1 aromatic rings. The quantitative estimate of drug-likeness (QED) is 0.137. The van der Waals surface area contributed by atoms with Crippen molar-refractivity contribution in [1.82, 2.24) is 0 Å². The van der Waals surface area contributed by atoms with Crippen LogP contribution in [0.2, 0.25) is 0 Å². The highest BCUT2D eigenvalue weighted by Gasteiger charge is 2.02. The molecule has 0 spiro atoms. The third-order valence-electron chi connectivity index (χ3n) is 4.92. The fourth-order valence-corrected chi connectivity index (χ4v) is 3.24. The average molecular weight is 578 g/mol. The van der Waals surface area contributed by atoms with Gasteiger partial charge in [-0.3, -0.25) is 4.79 Å². The Morgan fingerprint density at radius 2 is 1.06 bits per heavy atom. The van der Waals surface area contributed by atoms with Gasteiger partial charge < -0.3 is 33.2 Å². The molecule has 0 aliphatic rings. The predicted octanol–water partition coefficient (Wildman–Crippen LogP) is 4.86. The van der Waals surface area contributed by atoms with Crippen LogP contribution in [0.15, 0.2) is 28.7 Å². The van der Waals surface area contributed by atoms with E-state index in [1.807, 2.05) is 24.3 Å². The molecule has 0 heterocycles. The van der Waals surface area contributed by atoms with Gasteiger partial charge in [-0.2, -0.15) is 0 Å². The average Bonchev–Trinajstić information content (AvgIpc) is 2.88. The first-order valence-corrected chi connectivity index (χ1v) is 13.9. The lowest BCUT2D eigenvalue weighted by molar-refractivity contribution is -0.120. The van der Waals surface area contributed by atoms with Gasteiger partial charge in [-0.25, -0.2) is 0 Å². The first kappa shape index (κ1) is 33.0. The molecule has 1 aromatic carbocycles. The maximum atomic E-state index is 11.9. The molecule has 0 saturated carbocycles. The van der Waals surface area contributed by atoms with Crippen molar-refractivity contribution in [3.05, 3.63) is 28.7 Å². The van der Waals surface area contributed by atoms with Gasteiger partial charge in [-0.05, 0) is 49.9 Å². The molecule has 0 saturated heterocycles. The first-order valence-electron chi connectivity index (χ1n) is 13.1. The van der Waals surface area contributed by atoms with Crippen molar-refractivity contribution in [2.45, 2.75) is 45.4 Å². The number of unbranched alkanes of at least 4 members (excludes halogenated alkanes) is 2. The summed E-state index contributed by atoms with van der Waals surface area (Å²) in [5.41, 5.74) is 0. The zero-order valence-electron chi connectivity index (χ0n) is 21.9. The molecule has 0 atom stereocenters. The van der Waals surface area contributed by atoms with Crippen LogP contribution in [0.5, 0.6) is 5.75 Å². The molecule has 0 bridgehead atoms. The SMILES string of the molecule is CCCOCCOCCOCCOCCOCCOCCC(=O)CCCCCOc1ccc(Br)cc1. The zero-order valence-corrected chi connectivity index (χ0v) is 23.5. The fourth-order valence-electron chi connectivity index (χ4n) is 2.98. The van der Waals surface area contributed by atoms with Crippen molar-refractivity contribution < 1.29 is 38.0 Å². The maximum absolute atomic E-state index is 11.9. The van der Waals surface area contributed by atoms with Crippen molar-refractivity contribution in [2.75, 3.05) is 85.9 Å². The standard InChI is InChI=1S/C27H45BrO8/c1-2-12-30-15-17-32-19-21-34-23-24-35-22-20-33-18-16-31-14-11-26(29)6-4-3-5-13-36-27-9-7-25(28)8-10-27/h7-10H,2-6,11-24H2,1H3. The van der Waals surface area contributed by atoms with Gasteiger partial charge in [-0.15, -0.1) is 0 Å². The van der Waals surface area contributed by atoms with Gasteiger partial charge >= 0.3 is 0 Å². The largest absolute Gasteiger partial charge is 0.494 e. The van der Waals surface area contributed by atoms with E-state index in [0.717, 1.165) is 42.5 Å². The molecule has 0 amide bonds. The van der Waals surface area contributed by atoms with Crippen LogP contribution in [0.3, 0.4) is 0 Å². The molecular formula is C27H45BrO8. The molecule has 0 N–H and O–H groups in total. The number of ketones is 1. The van der Waals surface area contributed by atoms with Crippen LogP contribution < -0.4 is 4.74 Å². The number of rotatable bonds is 27. The summed E-state index contributed by atoms with van der Waals surface area (Å²) in [4.78, 5) is 11.9. The van der Waals surface area contributed by atoms with E-state index in [2.05, 4.69) is 22.9 Å². The Kier molecular flexibility index (Phi) is 23.4. The zero-order chi connectivity index (χ0) is 25.9. The minimum Gasteiger partial charge on any atom is -0.494 e. The molecule has 0 aliphatic carbocycles. The van der Waals surface area contributed by atoms with E-state index in [0.29, 0.717) is 92.1 Å². The molecule has 0 fully saturated rings. The molecule has 36 heavy (non-hydrogen) atoms. The lowest BCUT2D eigenvalue weighted by Gasteiger charge is -2.08. The Bertz CT molecular complexity index is 614. The molecular weight excluding hydrogens is 532 g/mol. The Hall–Kier alpha value is -1.07. The summed E-state index contributed by atoms with van der Waals surface area (Å²) in [6.07, 6.45) is 4.89. The Labute approximate surface area is 225 Å². The number of hydrogen-bond donors (Lipinski definition) is 0. The van der Waals surface area contributed by atoms with Crippen molar-refractivity contribution in [3.8, 4) is 5.75 Å². The second kappa shape index (κ2) is 25.6. The molecule has 0 radical (unpaired) electrons. The van der Waals surface area contributed by atoms with Gasteiger partial charge in [-0.1, -0.05) is 22.9 Å². The molecule has 0 aromatic heterocycles. The van der Waals surface area contributed by atoms with Crippen molar-refractivity contribution in [1.29, 1.82) is 0 Å². The number of benzene rings is 1. The number of hydrogen-bond acceptors (Lipinski definition) is 8. The smallest absolute Gasteiger partial charge is 0.135 e. The Balaban J connectivity index is 1.72. The highest BCUT2D eigenvalue weighted by molar-refractivity contribution is 9.10. The van der Waals surface area contributed by atoms with Crippen LogP contribution in [0.25, 0.3) is 0 Å². The van der Waals surface area contributed by atoms with Crippen molar-refractivity contribution >= 4 is 21.7 Å². The van der Waals surface area contributed by atoms with E-state index >= 15 is 0 Å². The van der Waals surface area contributed by atoms with E-state index in [1.54, 1.807) is 0 Å². The molecule has 8 nitrogen and oxygen atoms in total. The predicted molar refractivity (Wildman–Crippen MR) is 143 cm³/mol. The Morgan fingerprint density at radius 3 is 1.56 bits per heavy atom. The number of carbonyl (C=O) groups is 1. The summed E-state index contributed by atoms with van der Waals surface area (Å²) in [6, 6.07) is 7.80. The topological polar surface area (TPSA) is 81.7 Å². The second-order valence-corrected chi connectivity index (χ2v) is 8.99. The molecule has 0 unspecified atom stereocenters. The minimum absolute atomic E-state index is 0.243. The van der Waals surface area contributed by atoms with Crippen LogP contribution in [0.4, 0.5) is 0 Å². The number of ether oxygens (including phenoxy) is 7. The van der Waals surface area contributed by atoms with Crippen molar-refractivity contribution in [2.24, 2.45) is 0 Å². The van der Waals surface area contributed by atoms with Gasteiger partial charge in [0.05, 0.1) is 79.3 Å². The molecule has 208 valence electrons. The van der Waals surface area contributed by atoms with E-state index in [4.69, 9.17) is 33.2 Å². The van der Waals surface area contributed by atoms with Crippen LogP contribution in [-0.4, -0.2) is 91.7 Å². The van der Waals surface area contributed by atoms with E-state index < -0.39 is 0 Å². The summed E-state index contributed by atoms with van der Waals surface area (Å²) >= 11 is 3.40. The summed E-state index contributed by atoms with van der Waals surface area (Å²) in [6.45, 7) is 9.37. The molecule has 1 rings (SSSR count). The molecule has 0 aliphatic heterocycles. The summed E-state index contributed by atoms with van der Waals surface area (Å²) < 4.78 is 39.2. The second-order valence-electron chi connectivity index (χ2n) is 8.08. The van der Waals surface area contributed by atoms with E-state index in [9.17, 15) is 4.79 Å². The molecule has 9 heteroatoms. The third-order valence-corrected chi connectivity index (χ3v) is 5.44. The highest BCUT2D eigenvalue weighted by atomic mass is 79.9. The normalized spacial score (nSPS) is 11.2. The van der Waals surface area contributed by atoms with Crippen LogP contribution in [0.1, 0.15) is 45.4 Å². The number of carbonyl (C=O) groups excluding carboxylic acids is 1. The summed E-state index contributed by atoms with van der Waals surface area (Å²) in [5.74, 6) is 1.11. The maximum Gasteiger partial charge on any atom is 0.135 e. The lowest BCUT2D eigenvalue weighted by Crippen LogP contribution is -2.14. The monoisotopic (exact) mass is 576 g/mol. The summed E-state index contributed by atoms with van der Waals surface area (Å²) in [5, 5.41) is 0. The third kappa shape index (κ3) is 22.2. The number of halogens is 1. The Morgan fingerprint density at radius 1 is 0.583 bits per heavy atom. The van der Waals surface area contributed by atoms with Crippen LogP contribution >= 0.6 is 15.9 Å². The highest BCUT2D eigenvalue weighted by Crippen LogP contribution is 2.16. The van der Waals surface area contributed by atoms with Gasteiger partial charge in [0.25, 0.3) is 0 Å². The van der Waals surface area contributed by atoms with E-state index in [1.165, 1.54) is 0 Å². The van der Waals surface area contributed by atoms with Gasteiger partial charge in [0, 0.05) is 23.9 Å². The number of Topliss-reactive ketones (excluding diaryl/α,β-unsaturated/α-hetero) is 1.